The van der Waals surface area contributed by atoms with Gasteiger partial charge in [-0.15, -0.1) is 0 Å². The zero-order chi connectivity index (χ0) is 12.1. The Morgan fingerprint density at radius 1 is 1.18 bits per heavy atom. The van der Waals surface area contributed by atoms with Gasteiger partial charge in [0.1, 0.15) is 11.6 Å². The van der Waals surface area contributed by atoms with Crippen LogP contribution in [-0.2, 0) is 6.54 Å². The summed E-state index contributed by atoms with van der Waals surface area (Å²) in [7, 11) is 3.90. The van der Waals surface area contributed by atoms with Gasteiger partial charge < -0.3 is 10.2 Å². The Bertz CT molecular complexity index is 470. The van der Waals surface area contributed by atoms with Gasteiger partial charge in [-0.3, -0.25) is 4.98 Å². The van der Waals surface area contributed by atoms with Crippen molar-refractivity contribution in [2.75, 3.05) is 24.3 Å². The summed E-state index contributed by atoms with van der Waals surface area (Å²) in [5.74, 6) is 1.83. The second-order valence-electron chi connectivity index (χ2n) is 3.84. The largest absolute Gasteiger partial charge is 0.373 e. The van der Waals surface area contributed by atoms with Gasteiger partial charge in [-0.2, -0.15) is 0 Å². The van der Waals surface area contributed by atoms with E-state index in [-0.39, 0.29) is 0 Å². The molecule has 0 fully saturated rings. The van der Waals surface area contributed by atoms with Crippen LogP contribution in [0.2, 0.25) is 0 Å². The van der Waals surface area contributed by atoms with Gasteiger partial charge in [0.05, 0.1) is 0 Å². The quantitative estimate of drug-likeness (QED) is 0.870. The summed E-state index contributed by atoms with van der Waals surface area (Å²) in [4.78, 5) is 10.6. The third-order valence-electron chi connectivity index (χ3n) is 2.55. The standard InChI is InChI=1S/C13H16N4/c1-14-12-4-3-5-13(16-12)17(2)10-11-6-8-15-9-7-11/h3-9H,10H2,1-2H3,(H,14,16). The summed E-state index contributed by atoms with van der Waals surface area (Å²) in [5.41, 5.74) is 1.22. The predicted molar refractivity (Wildman–Crippen MR) is 70.1 cm³/mol. The molecule has 4 heteroatoms. The van der Waals surface area contributed by atoms with E-state index in [4.69, 9.17) is 0 Å². The topological polar surface area (TPSA) is 41.0 Å². The fraction of sp³-hybridized carbons (Fsp3) is 0.231. The van der Waals surface area contributed by atoms with Crippen LogP contribution in [0, 0.1) is 0 Å². The van der Waals surface area contributed by atoms with Crippen LogP contribution in [0.1, 0.15) is 5.56 Å². The van der Waals surface area contributed by atoms with Crippen LogP contribution >= 0.6 is 0 Å². The maximum absolute atomic E-state index is 4.49. The number of anilines is 2. The lowest BCUT2D eigenvalue weighted by molar-refractivity contribution is 0.896. The van der Waals surface area contributed by atoms with Crippen molar-refractivity contribution < 1.29 is 0 Å². The summed E-state index contributed by atoms with van der Waals surface area (Å²) in [5, 5.41) is 3.04. The van der Waals surface area contributed by atoms with Gasteiger partial charge in [-0.05, 0) is 29.8 Å². The summed E-state index contributed by atoms with van der Waals surface area (Å²) in [6, 6.07) is 9.97. The smallest absolute Gasteiger partial charge is 0.130 e. The molecule has 2 aromatic heterocycles. The first-order valence-electron chi connectivity index (χ1n) is 5.54. The number of rotatable bonds is 4. The first-order valence-corrected chi connectivity index (χ1v) is 5.54. The highest BCUT2D eigenvalue weighted by Gasteiger charge is 2.03. The molecule has 2 aromatic rings. The van der Waals surface area contributed by atoms with Gasteiger partial charge in [-0.25, -0.2) is 4.98 Å². The van der Waals surface area contributed by atoms with Crippen LogP contribution in [0.15, 0.2) is 42.7 Å². The van der Waals surface area contributed by atoms with Crippen LogP contribution in [0.3, 0.4) is 0 Å². The van der Waals surface area contributed by atoms with Crippen LogP contribution in [0.4, 0.5) is 11.6 Å². The van der Waals surface area contributed by atoms with Crippen molar-refractivity contribution in [3.05, 3.63) is 48.3 Å². The lowest BCUT2D eigenvalue weighted by Gasteiger charge is -2.18. The van der Waals surface area contributed by atoms with E-state index in [2.05, 4.69) is 20.2 Å². The molecule has 2 heterocycles. The third-order valence-corrected chi connectivity index (χ3v) is 2.55. The van der Waals surface area contributed by atoms with E-state index in [1.807, 2.05) is 44.4 Å². The van der Waals surface area contributed by atoms with E-state index in [0.29, 0.717) is 0 Å². The van der Waals surface area contributed by atoms with Crippen molar-refractivity contribution >= 4 is 11.6 Å². The first kappa shape index (κ1) is 11.4. The Hall–Kier alpha value is -2.10. The lowest BCUT2D eigenvalue weighted by Crippen LogP contribution is -2.17. The number of pyridine rings is 2. The molecule has 0 aliphatic carbocycles. The maximum atomic E-state index is 4.49. The van der Waals surface area contributed by atoms with Crippen molar-refractivity contribution in [1.29, 1.82) is 0 Å². The summed E-state index contributed by atoms with van der Waals surface area (Å²) in [6.07, 6.45) is 3.61. The van der Waals surface area contributed by atoms with Crippen molar-refractivity contribution in [2.45, 2.75) is 6.54 Å². The second kappa shape index (κ2) is 5.30. The number of hydrogen-bond donors (Lipinski definition) is 1. The lowest BCUT2D eigenvalue weighted by atomic mass is 10.2. The summed E-state index contributed by atoms with van der Waals surface area (Å²) < 4.78 is 0. The Balaban J connectivity index is 2.11. The zero-order valence-corrected chi connectivity index (χ0v) is 10.1. The molecular weight excluding hydrogens is 212 g/mol. The fourth-order valence-electron chi connectivity index (χ4n) is 1.62. The Morgan fingerprint density at radius 2 is 1.94 bits per heavy atom. The van der Waals surface area contributed by atoms with Gasteiger partial charge in [0.15, 0.2) is 0 Å². The molecule has 0 saturated heterocycles. The molecule has 0 atom stereocenters. The average Bonchev–Trinajstić information content (AvgIpc) is 2.40. The van der Waals surface area contributed by atoms with Crippen molar-refractivity contribution in [2.24, 2.45) is 0 Å². The maximum Gasteiger partial charge on any atom is 0.130 e. The minimum Gasteiger partial charge on any atom is -0.373 e. The highest BCUT2D eigenvalue weighted by molar-refractivity contribution is 5.46. The molecule has 0 amide bonds. The van der Waals surface area contributed by atoms with Gasteiger partial charge in [0.2, 0.25) is 0 Å². The number of hydrogen-bond acceptors (Lipinski definition) is 4. The van der Waals surface area contributed by atoms with Crippen LogP contribution in [-0.4, -0.2) is 24.1 Å². The van der Waals surface area contributed by atoms with E-state index >= 15 is 0 Å². The minimum absolute atomic E-state index is 0.822. The molecule has 0 spiro atoms. The molecule has 17 heavy (non-hydrogen) atoms. The molecule has 0 aromatic carbocycles. The van der Waals surface area contributed by atoms with Gasteiger partial charge in [0, 0.05) is 33.0 Å². The molecule has 1 N–H and O–H groups in total. The Kier molecular flexibility index (Phi) is 3.55. The fourth-order valence-corrected chi connectivity index (χ4v) is 1.62. The summed E-state index contributed by atoms with van der Waals surface area (Å²) >= 11 is 0. The SMILES string of the molecule is CNc1cccc(N(C)Cc2ccncc2)n1. The Labute approximate surface area is 101 Å². The van der Waals surface area contributed by atoms with Gasteiger partial charge in [0.25, 0.3) is 0 Å². The first-order chi connectivity index (χ1) is 8.29. The molecule has 0 saturated carbocycles. The molecule has 4 nitrogen and oxygen atoms in total. The minimum atomic E-state index is 0.822. The van der Waals surface area contributed by atoms with Gasteiger partial charge >= 0.3 is 0 Å². The van der Waals surface area contributed by atoms with Crippen LogP contribution in [0.5, 0.6) is 0 Å². The Morgan fingerprint density at radius 3 is 2.65 bits per heavy atom. The number of nitrogens with zero attached hydrogens (tertiary/aromatic N) is 3. The van der Waals surface area contributed by atoms with Crippen LogP contribution in [0.25, 0.3) is 0 Å². The summed E-state index contributed by atoms with van der Waals surface area (Å²) in [6.45, 7) is 0.822. The van der Waals surface area contributed by atoms with Gasteiger partial charge in [-0.1, -0.05) is 6.07 Å². The normalized spacial score (nSPS) is 10.0. The molecule has 0 unspecified atom stereocenters. The zero-order valence-electron chi connectivity index (χ0n) is 10.1. The van der Waals surface area contributed by atoms with E-state index in [1.165, 1.54) is 5.56 Å². The molecule has 0 aliphatic heterocycles. The molecule has 0 bridgehead atoms. The number of nitrogens with one attached hydrogen (secondary N) is 1. The third kappa shape index (κ3) is 2.93. The van der Waals surface area contributed by atoms with Crippen molar-refractivity contribution in [1.82, 2.24) is 9.97 Å². The van der Waals surface area contributed by atoms with E-state index < -0.39 is 0 Å². The monoisotopic (exact) mass is 228 g/mol. The average molecular weight is 228 g/mol. The van der Waals surface area contributed by atoms with E-state index in [9.17, 15) is 0 Å². The molecule has 2 rings (SSSR count). The molecule has 88 valence electrons. The highest BCUT2D eigenvalue weighted by atomic mass is 15.2. The van der Waals surface area contributed by atoms with Crippen molar-refractivity contribution in [3.8, 4) is 0 Å². The van der Waals surface area contributed by atoms with Crippen LogP contribution < -0.4 is 10.2 Å². The second-order valence-corrected chi connectivity index (χ2v) is 3.84. The van der Waals surface area contributed by atoms with E-state index in [1.54, 1.807) is 12.4 Å². The highest BCUT2D eigenvalue weighted by Crippen LogP contribution is 2.14. The molecular formula is C13H16N4. The molecule has 0 radical (unpaired) electrons. The predicted octanol–water partition coefficient (Wildman–Crippen LogP) is 2.15. The van der Waals surface area contributed by atoms with E-state index in [0.717, 1.165) is 18.2 Å². The van der Waals surface area contributed by atoms with Crippen molar-refractivity contribution in [3.63, 3.8) is 0 Å². The number of aromatic nitrogens is 2. The molecule has 0 aliphatic rings.